The molecule has 1 N–H and O–H groups in total. The highest BCUT2D eigenvalue weighted by Gasteiger charge is 2.24. The van der Waals surface area contributed by atoms with Crippen molar-refractivity contribution >= 4 is 0 Å². The molecule has 0 amide bonds. The van der Waals surface area contributed by atoms with Crippen molar-refractivity contribution < 1.29 is 5.11 Å². The van der Waals surface area contributed by atoms with Crippen LogP contribution in [0.25, 0.3) is 0 Å². The van der Waals surface area contributed by atoms with Crippen LogP contribution in [-0.2, 0) is 13.0 Å². The van der Waals surface area contributed by atoms with Crippen molar-refractivity contribution in [1.82, 2.24) is 9.78 Å². The lowest BCUT2D eigenvalue weighted by Crippen LogP contribution is -2.13. The Labute approximate surface area is 78.4 Å². The third kappa shape index (κ3) is 1.27. The second-order valence-corrected chi connectivity index (χ2v) is 3.67. The summed E-state index contributed by atoms with van der Waals surface area (Å²) in [6.07, 6.45) is 2.77. The van der Waals surface area contributed by atoms with Crippen molar-refractivity contribution in [2.75, 3.05) is 0 Å². The minimum Gasteiger partial charge on any atom is -0.387 e. The molecule has 0 aliphatic heterocycles. The van der Waals surface area contributed by atoms with Gasteiger partial charge in [0.15, 0.2) is 0 Å². The molecule has 1 aromatic rings. The molecule has 2 rings (SSSR count). The summed E-state index contributed by atoms with van der Waals surface area (Å²) in [6.45, 7) is 4.95. The van der Waals surface area contributed by atoms with Crippen LogP contribution in [0.15, 0.2) is 0 Å². The first-order valence-corrected chi connectivity index (χ1v) is 4.98. The van der Waals surface area contributed by atoms with E-state index in [-0.39, 0.29) is 6.10 Å². The Hall–Kier alpha value is -0.830. The maximum absolute atomic E-state index is 9.83. The number of nitrogens with zero attached hydrogens (tertiary/aromatic N) is 2. The molecule has 72 valence electrons. The van der Waals surface area contributed by atoms with Crippen LogP contribution in [0.2, 0.25) is 0 Å². The van der Waals surface area contributed by atoms with E-state index in [2.05, 4.69) is 12.0 Å². The molecule has 0 aromatic carbocycles. The molecule has 0 saturated carbocycles. The van der Waals surface area contributed by atoms with Crippen LogP contribution in [0, 0.1) is 6.92 Å². The Morgan fingerprint density at radius 2 is 2.38 bits per heavy atom. The lowest BCUT2D eigenvalue weighted by atomic mass is 9.94. The summed E-state index contributed by atoms with van der Waals surface area (Å²) >= 11 is 0. The number of aromatic nitrogens is 2. The van der Waals surface area contributed by atoms with Gasteiger partial charge in [-0.2, -0.15) is 5.10 Å². The van der Waals surface area contributed by atoms with Crippen molar-refractivity contribution in [1.29, 1.82) is 0 Å². The van der Waals surface area contributed by atoms with E-state index in [0.29, 0.717) is 0 Å². The summed E-state index contributed by atoms with van der Waals surface area (Å²) in [5, 5.41) is 14.2. The minimum atomic E-state index is -0.287. The van der Waals surface area contributed by atoms with Gasteiger partial charge in [-0.25, -0.2) is 0 Å². The zero-order chi connectivity index (χ0) is 9.42. The van der Waals surface area contributed by atoms with Crippen molar-refractivity contribution in [3.63, 3.8) is 0 Å². The standard InChI is InChI=1S/C10H16N2O/c1-3-12-10-8(7(2)11-12)5-4-6-9(10)13/h9,13H,3-6H2,1-2H3. The largest absolute Gasteiger partial charge is 0.387 e. The first-order chi connectivity index (χ1) is 6.24. The molecule has 13 heavy (non-hydrogen) atoms. The van der Waals surface area contributed by atoms with Crippen molar-refractivity contribution in [3.8, 4) is 0 Å². The van der Waals surface area contributed by atoms with Gasteiger partial charge >= 0.3 is 0 Å². The summed E-state index contributed by atoms with van der Waals surface area (Å²) in [7, 11) is 0. The Kier molecular flexibility index (Phi) is 2.12. The third-order valence-corrected chi connectivity index (χ3v) is 2.81. The molecular formula is C10H16N2O. The zero-order valence-corrected chi connectivity index (χ0v) is 8.25. The highest BCUT2D eigenvalue weighted by atomic mass is 16.3. The molecule has 1 aromatic heterocycles. The Morgan fingerprint density at radius 1 is 1.62 bits per heavy atom. The lowest BCUT2D eigenvalue weighted by molar-refractivity contribution is 0.146. The maximum atomic E-state index is 9.83. The average molecular weight is 180 g/mol. The first-order valence-electron chi connectivity index (χ1n) is 4.98. The van der Waals surface area contributed by atoms with E-state index in [4.69, 9.17) is 0 Å². The monoisotopic (exact) mass is 180 g/mol. The number of rotatable bonds is 1. The van der Waals surface area contributed by atoms with Crippen LogP contribution >= 0.6 is 0 Å². The van der Waals surface area contributed by atoms with Gasteiger partial charge in [-0.15, -0.1) is 0 Å². The Bertz CT molecular complexity index is 317. The van der Waals surface area contributed by atoms with Crippen molar-refractivity contribution in [2.24, 2.45) is 0 Å². The molecule has 3 heteroatoms. The average Bonchev–Trinajstić information content (AvgIpc) is 2.45. The minimum absolute atomic E-state index is 0.287. The van der Waals surface area contributed by atoms with Crippen LogP contribution in [0.4, 0.5) is 0 Å². The molecule has 0 spiro atoms. The van der Waals surface area contributed by atoms with Gasteiger partial charge in [0.2, 0.25) is 0 Å². The summed E-state index contributed by atoms with van der Waals surface area (Å²) in [5.41, 5.74) is 3.43. The third-order valence-electron chi connectivity index (χ3n) is 2.81. The fourth-order valence-corrected chi connectivity index (χ4v) is 2.17. The Balaban J connectivity index is 2.52. The fraction of sp³-hybridized carbons (Fsp3) is 0.700. The molecule has 0 bridgehead atoms. The highest BCUT2D eigenvalue weighted by molar-refractivity contribution is 5.29. The fourth-order valence-electron chi connectivity index (χ4n) is 2.17. The van der Waals surface area contributed by atoms with E-state index in [1.54, 1.807) is 0 Å². The van der Waals surface area contributed by atoms with Crippen LogP contribution in [0.3, 0.4) is 0 Å². The highest BCUT2D eigenvalue weighted by Crippen LogP contribution is 2.31. The normalized spacial score (nSPS) is 21.6. The number of aliphatic hydroxyl groups excluding tert-OH is 1. The topological polar surface area (TPSA) is 38.0 Å². The number of aryl methyl sites for hydroxylation is 2. The zero-order valence-electron chi connectivity index (χ0n) is 8.25. The van der Waals surface area contributed by atoms with E-state index >= 15 is 0 Å². The molecule has 0 radical (unpaired) electrons. The van der Waals surface area contributed by atoms with E-state index in [0.717, 1.165) is 37.2 Å². The van der Waals surface area contributed by atoms with E-state index in [1.165, 1.54) is 5.56 Å². The lowest BCUT2D eigenvalue weighted by Gasteiger charge is -2.19. The molecule has 1 heterocycles. The second-order valence-electron chi connectivity index (χ2n) is 3.67. The van der Waals surface area contributed by atoms with Crippen LogP contribution in [0.1, 0.15) is 42.8 Å². The first kappa shape index (κ1) is 8.75. The summed E-state index contributed by atoms with van der Waals surface area (Å²) in [4.78, 5) is 0. The van der Waals surface area contributed by atoms with E-state index < -0.39 is 0 Å². The molecule has 1 atom stereocenters. The summed E-state index contributed by atoms with van der Waals surface area (Å²) < 4.78 is 1.94. The van der Waals surface area contributed by atoms with Gasteiger partial charge in [0, 0.05) is 6.54 Å². The smallest absolute Gasteiger partial charge is 0.0959 e. The predicted octanol–water partition coefficient (Wildman–Crippen LogP) is 1.58. The predicted molar refractivity (Wildman–Crippen MR) is 50.5 cm³/mol. The van der Waals surface area contributed by atoms with Gasteiger partial charge in [-0.05, 0) is 38.7 Å². The molecule has 1 unspecified atom stereocenters. The molecule has 0 saturated heterocycles. The SMILES string of the molecule is CCn1nc(C)c2c1C(O)CCC2. The van der Waals surface area contributed by atoms with Crippen LogP contribution in [-0.4, -0.2) is 14.9 Å². The van der Waals surface area contributed by atoms with Crippen molar-refractivity contribution in [3.05, 3.63) is 17.0 Å². The molecule has 3 nitrogen and oxygen atoms in total. The quantitative estimate of drug-likeness (QED) is 0.712. The summed E-state index contributed by atoms with van der Waals surface area (Å²) in [6, 6.07) is 0. The molecule has 1 aliphatic carbocycles. The maximum Gasteiger partial charge on any atom is 0.0959 e. The van der Waals surface area contributed by atoms with Crippen LogP contribution < -0.4 is 0 Å². The molecule has 0 fully saturated rings. The molecule has 1 aliphatic rings. The van der Waals surface area contributed by atoms with Crippen LogP contribution in [0.5, 0.6) is 0 Å². The second kappa shape index (κ2) is 3.14. The van der Waals surface area contributed by atoms with Gasteiger partial charge < -0.3 is 5.11 Å². The number of fused-ring (bicyclic) bond motifs is 1. The van der Waals surface area contributed by atoms with Crippen molar-refractivity contribution in [2.45, 2.75) is 45.8 Å². The van der Waals surface area contributed by atoms with Gasteiger partial charge in [-0.1, -0.05) is 0 Å². The summed E-state index contributed by atoms with van der Waals surface area (Å²) in [5.74, 6) is 0. The van der Waals surface area contributed by atoms with Gasteiger partial charge in [0.05, 0.1) is 17.5 Å². The number of hydrogen-bond acceptors (Lipinski definition) is 2. The Morgan fingerprint density at radius 3 is 3.08 bits per heavy atom. The van der Waals surface area contributed by atoms with E-state index in [1.807, 2.05) is 11.6 Å². The van der Waals surface area contributed by atoms with Gasteiger partial charge in [0.1, 0.15) is 0 Å². The van der Waals surface area contributed by atoms with Gasteiger partial charge in [0.25, 0.3) is 0 Å². The number of hydrogen-bond donors (Lipinski definition) is 1. The van der Waals surface area contributed by atoms with Gasteiger partial charge in [-0.3, -0.25) is 4.68 Å². The van der Waals surface area contributed by atoms with E-state index in [9.17, 15) is 5.11 Å². The molecular weight excluding hydrogens is 164 g/mol. The number of aliphatic hydroxyl groups is 1.